The van der Waals surface area contributed by atoms with Gasteiger partial charge in [-0.2, -0.15) is 0 Å². The summed E-state index contributed by atoms with van der Waals surface area (Å²) in [6.07, 6.45) is 5.36. The van der Waals surface area contributed by atoms with E-state index >= 15 is 0 Å². The summed E-state index contributed by atoms with van der Waals surface area (Å²) in [6.45, 7) is 4.29. The lowest BCUT2D eigenvalue weighted by molar-refractivity contribution is -0.120. The summed E-state index contributed by atoms with van der Waals surface area (Å²) in [5.41, 5.74) is 0. The van der Waals surface area contributed by atoms with Crippen molar-refractivity contribution in [3.05, 3.63) is 12.2 Å². The first-order valence-corrected chi connectivity index (χ1v) is 5.53. The Kier molecular flexibility index (Phi) is 10.1. The second-order valence-electron chi connectivity index (χ2n) is 2.93. The molecule has 0 radical (unpaired) electrons. The molecule has 3 nitrogen and oxygen atoms in total. The Morgan fingerprint density at radius 2 is 2.14 bits per heavy atom. The zero-order chi connectivity index (χ0) is 10.6. The molecule has 14 heavy (non-hydrogen) atoms. The summed E-state index contributed by atoms with van der Waals surface area (Å²) >= 11 is 5.44. The van der Waals surface area contributed by atoms with E-state index in [2.05, 4.69) is 10.6 Å². The first-order valence-electron chi connectivity index (χ1n) is 4.99. The molecule has 0 rings (SSSR count). The van der Waals surface area contributed by atoms with Crippen molar-refractivity contribution in [1.82, 2.24) is 10.6 Å². The summed E-state index contributed by atoms with van der Waals surface area (Å²) in [5.74, 6) is 0.652. The molecule has 0 aliphatic carbocycles. The summed E-state index contributed by atoms with van der Waals surface area (Å²) < 4.78 is 0. The van der Waals surface area contributed by atoms with Gasteiger partial charge in [-0.1, -0.05) is 19.1 Å². The van der Waals surface area contributed by atoms with Crippen LogP contribution in [0.5, 0.6) is 0 Å². The van der Waals surface area contributed by atoms with Crippen molar-refractivity contribution >= 4 is 17.5 Å². The number of allylic oxidation sites excluding steroid dienone is 1. The number of carbonyl (C=O) groups excluding carboxylic acids is 1. The third-order valence-electron chi connectivity index (χ3n) is 1.62. The number of alkyl halides is 1. The van der Waals surface area contributed by atoms with Gasteiger partial charge in [-0.05, 0) is 6.42 Å². The number of carbonyl (C=O) groups is 1. The number of hydrogen-bond acceptors (Lipinski definition) is 2. The molecule has 0 aromatic heterocycles. The van der Waals surface area contributed by atoms with Crippen LogP contribution in [0.1, 0.15) is 19.8 Å². The first-order chi connectivity index (χ1) is 6.81. The largest absolute Gasteiger partial charge is 0.356 e. The van der Waals surface area contributed by atoms with Crippen LogP contribution >= 0.6 is 11.6 Å². The van der Waals surface area contributed by atoms with Crippen LogP contribution < -0.4 is 10.6 Å². The molecule has 0 unspecified atom stereocenters. The molecule has 0 aromatic carbocycles. The minimum absolute atomic E-state index is 0.112. The number of rotatable bonds is 8. The predicted molar refractivity (Wildman–Crippen MR) is 60.6 cm³/mol. The van der Waals surface area contributed by atoms with Crippen LogP contribution in [0.25, 0.3) is 0 Å². The maximum absolute atomic E-state index is 11.1. The molecule has 0 atom stereocenters. The fraction of sp³-hybridized carbons (Fsp3) is 0.700. The molecule has 0 fully saturated rings. The van der Waals surface area contributed by atoms with E-state index in [1.54, 1.807) is 0 Å². The summed E-state index contributed by atoms with van der Waals surface area (Å²) in [7, 11) is 0. The molecule has 0 aromatic rings. The SMILES string of the molecule is CCCNC(=O)CCNC/C=C/CCl. The van der Waals surface area contributed by atoms with E-state index in [1.807, 2.05) is 19.1 Å². The van der Waals surface area contributed by atoms with Gasteiger partial charge in [-0.25, -0.2) is 0 Å². The molecule has 82 valence electrons. The number of amides is 1. The van der Waals surface area contributed by atoms with Crippen molar-refractivity contribution < 1.29 is 4.79 Å². The van der Waals surface area contributed by atoms with Gasteiger partial charge in [0, 0.05) is 31.9 Å². The van der Waals surface area contributed by atoms with Crippen molar-refractivity contribution in [1.29, 1.82) is 0 Å². The Labute approximate surface area is 90.9 Å². The van der Waals surface area contributed by atoms with Gasteiger partial charge in [-0.15, -0.1) is 11.6 Å². The summed E-state index contributed by atoms with van der Waals surface area (Å²) in [6, 6.07) is 0. The summed E-state index contributed by atoms with van der Waals surface area (Å²) in [4.78, 5) is 11.1. The van der Waals surface area contributed by atoms with E-state index in [0.29, 0.717) is 18.8 Å². The topological polar surface area (TPSA) is 41.1 Å². The van der Waals surface area contributed by atoms with Crippen LogP contribution in [0, 0.1) is 0 Å². The van der Waals surface area contributed by atoms with E-state index in [9.17, 15) is 4.79 Å². The van der Waals surface area contributed by atoms with Crippen molar-refractivity contribution in [3.63, 3.8) is 0 Å². The Balaban J connectivity index is 3.18. The van der Waals surface area contributed by atoms with Crippen molar-refractivity contribution in [2.24, 2.45) is 0 Å². The molecule has 1 amide bonds. The maximum Gasteiger partial charge on any atom is 0.221 e. The number of halogens is 1. The molecule has 2 N–H and O–H groups in total. The summed E-state index contributed by atoms with van der Waals surface area (Å²) in [5, 5.41) is 5.94. The molecule has 0 saturated carbocycles. The Morgan fingerprint density at radius 3 is 2.79 bits per heavy atom. The first kappa shape index (κ1) is 13.5. The average molecular weight is 219 g/mol. The second kappa shape index (κ2) is 10.5. The third-order valence-corrected chi connectivity index (χ3v) is 1.80. The molecule has 0 spiro atoms. The predicted octanol–water partition coefficient (Wildman–Crippen LogP) is 1.29. The maximum atomic E-state index is 11.1. The average Bonchev–Trinajstić information content (AvgIpc) is 2.20. The lowest BCUT2D eigenvalue weighted by Gasteiger charge is -2.03. The van der Waals surface area contributed by atoms with Crippen LogP contribution in [-0.2, 0) is 4.79 Å². The van der Waals surface area contributed by atoms with Crippen LogP contribution in [0.15, 0.2) is 12.2 Å². The lowest BCUT2D eigenvalue weighted by atomic mass is 10.3. The van der Waals surface area contributed by atoms with Crippen molar-refractivity contribution in [2.45, 2.75) is 19.8 Å². The molecule has 0 aliphatic heterocycles. The van der Waals surface area contributed by atoms with Gasteiger partial charge in [-0.3, -0.25) is 4.79 Å². The van der Waals surface area contributed by atoms with Gasteiger partial charge in [0.25, 0.3) is 0 Å². The van der Waals surface area contributed by atoms with E-state index < -0.39 is 0 Å². The normalized spacial score (nSPS) is 10.7. The molecular weight excluding hydrogens is 200 g/mol. The third kappa shape index (κ3) is 9.55. The minimum Gasteiger partial charge on any atom is -0.356 e. The molecule has 0 saturated heterocycles. The van der Waals surface area contributed by atoms with Crippen molar-refractivity contribution in [2.75, 3.05) is 25.5 Å². The van der Waals surface area contributed by atoms with Gasteiger partial charge >= 0.3 is 0 Å². The van der Waals surface area contributed by atoms with Gasteiger partial charge in [0.05, 0.1) is 0 Å². The molecule has 0 bridgehead atoms. The monoisotopic (exact) mass is 218 g/mol. The smallest absolute Gasteiger partial charge is 0.221 e. The van der Waals surface area contributed by atoms with Crippen LogP contribution in [0.2, 0.25) is 0 Å². The second-order valence-corrected chi connectivity index (χ2v) is 3.24. The molecule has 0 aliphatic rings. The highest BCUT2D eigenvalue weighted by molar-refractivity contribution is 6.18. The Hall–Kier alpha value is -0.540. The Bertz CT molecular complexity index is 172. The van der Waals surface area contributed by atoms with E-state index in [4.69, 9.17) is 11.6 Å². The number of nitrogens with one attached hydrogen (secondary N) is 2. The number of hydrogen-bond donors (Lipinski definition) is 2. The molecule has 4 heteroatoms. The van der Waals surface area contributed by atoms with Gasteiger partial charge in [0.2, 0.25) is 5.91 Å². The van der Waals surface area contributed by atoms with Crippen LogP contribution in [-0.4, -0.2) is 31.4 Å². The highest BCUT2D eigenvalue weighted by Gasteiger charge is 1.97. The Morgan fingerprint density at radius 1 is 1.36 bits per heavy atom. The highest BCUT2D eigenvalue weighted by Crippen LogP contribution is 1.80. The zero-order valence-electron chi connectivity index (χ0n) is 8.68. The van der Waals surface area contributed by atoms with E-state index in [0.717, 1.165) is 19.5 Å². The fourth-order valence-corrected chi connectivity index (χ4v) is 1.01. The van der Waals surface area contributed by atoms with Gasteiger partial charge < -0.3 is 10.6 Å². The van der Waals surface area contributed by atoms with Gasteiger partial charge in [0.1, 0.15) is 0 Å². The zero-order valence-corrected chi connectivity index (χ0v) is 9.44. The highest BCUT2D eigenvalue weighted by atomic mass is 35.5. The van der Waals surface area contributed by atoms with E-state index in [-0.39, 0.29) is 5.91 Å². The fourth-order valence-electron chi connectivity index (χ4n) is 0.886. The van der Waals surface area contributed by atoms with E-state index in [1.165, 1.54) is 0 Å². The van der Waals surface area contributed by atoms with Crippen LogP contribution in [0.3, 0.4) is 0 Å². The van der Waals surface area contributed by atoms with Gasteiger partial charge in [0.15, 0.2) is 0 Å². The minimum atomic E-state index is 0.112. The standard InChI is InChI=1S/C10H19ClN2O/c1-2-7-13-10(14)5-9-12-8-4-3-6-11/h3-4,12H,2,5-9H2,1H3,(H,13,14)/b4-3+. The molecular formula is C10H19ClN2O. The molecule has 0 heterocycles. The van der Waals surface area contributed by atoms with Crippen molar-refractivity contribution in [3.8, 4) is 0 Å². The van der Waals surface area contributed by atoms with Crippen LogP contribution in [0.4, 0.5) is 0 Å². The lowest BCUT2D eigenvalue weighted by Crippen LogP contribution is -2.28. The quantitative estimate of drug-likeness (QED) is 0.366.